The minimum Gasteiger partial charge on any atom is -0.493 e. The smallest absolute Gasteiger partial charge is 0.310 e. The first-order valence-corrected chi connectivity index (χ1v) is 8.10. The minimum absolute atomic E-state index is 0.0919. The van der Waals surface area contributed by atoms with Gasteiger partial charge in [0.2, 0.25) is 5.75 Å². The van der Waals surface area contributed by atoms with Gasteiger partial charge in [-0.2, -0.15) is 0 Å². The van der Waals surface area contributed by atoms with Crippen molar-refractivity contribution in [1.82, 2.24) is 0 Å². The normalized spacial score (nSPS) is 11.6. The summed E-state index contributed by atoms with van der Waals surface area (Å²) in [6.45, 7) is 1.82. The Bertz CT molecular complexity index is 702. The monoisotopic (exact) mass is 364 g/mol. The van der Waals surface area contributed by atoms with Gasteiger partial charge < -0.3 is 18.9 Å². The third kappa shape index (κ3) is 4.79. The molecule has 6 heteroatoms. The Hall–Kier alpha value is -2.40. The first-order valence-electron chi connectivity index (χ1n) is 7.72. The summed E-state index contributed by atoms with van der Waals surface area (Å²) in [5.41, 5.74) is 1.59. The lowest BCUT2D eigenvalue weighted by atomic mass is 10.1. The van der Waals surface area contributed by atoms with Gasteiger partial charge in [0.05, 0.1) is 27.8 Å². The number of rotatable bonds is 7. The van der Waals surface area contributed by atoms with E-state index >= 15 is 0 Å². The molecular formula is C19H21ClO5. The fourth-order valence-electron chi connectivity index (χ4n) is 2.44. The molecule has 0 aliphatic heterocycles. The van der Waals surface area contributed by atoms with Crippen molar-refractivity contribution in [3.8, 4) is 17.2 Å². The molecule has 1 atom stereocenters. The molecule has 1 unspecified atom stereocenters. The summed E-state index contributed by atoms with van der Waals surface area (Å²) >= 11 is 5.87. The standard InChI is InChI=1S/C19H21ClO5/c1-12(14-5-7-15(20)8-6-14)25-18(21)11-13-9-16(22-2)19(24-4)17(10-13)23-3/h5-10,12H,11H2,1-4H3. The average molecular weight is 365 g/mol. The highest BCUT2D eigenvalue weighted by Crippen LogP contribution is 2.38. The number of halogens is 1. The molecule has 2 aromatic carbocycles. The summed E-state index contributed by atoms with van der Waals surface area (Å²) in [6, 6.07) is 10.7. The molecule has 2 aromatic rings. The number of carbonyl (C=O) groups excluding carboxylic acids is 1. The average Bonchev–Trinajstić information content (AvgIpc) is 2.61. The lowest BCUT2D eigenvalue weighted by molar-refractivity contribution is -0.147. The van der Waals surface area contributed by atoms with Crippen LogP contribution < -0.4 is 14.2 Å². The zero-order valence-corrected chi connectivity index (χ0v) is 15.4. The predicted octanol–water partition coefficient (Wildman–Crippen LogP) is 4.21. The van der Waals surface area contributed by atoms with Gasteiger partial charge in [-0.3, -0.25) is 4.79 Å². The Kier molecular flexibility index (Phi) is 6.53. The number of ether oxygens (including phenoxy) is 4. The van der Waals surface area contributed by atoms with E-state index in [0.29, 0.717) is 27.8 Å². The largest absolute Gasteiger partial charge is 0.493 e. The Morgan fingerprint density at radius 2 is 1.56 bits per heavy atom. The maximum absolute atomic E-state index is 12.3. The number of carbonyl (C=O) groups is 1. The van der Waals surface area contributed by atoms with Crippen LogP contribution in [0.3, 0.4) is 0 Å². The summed E-state index contributed by atoms with van der Waals surface area (Å²) in [4.78, 5) is 12.3. The third-order valence-corrected chi connectivity index (χ3v) is 3.97. The summed E-state index contributed by atoms with van der Waals surface area (Å²) in [5, 5.41) is 0.639. The summed E-state index contributed by atoms with van der Waals surface area (Å²) in [6.07, 6.45) is -0.277. The van der Waals surface area contributed by atoms with Crippen molar-refractivity contribution < 1.29 is 23.7 Å². The topological polar surface area (TPSA) is 54.0 Å². The van der Waals surface area contributed by atoms with Crippen LogP contribution in [0, 0.1) is 0 Å². The van der Waals surface area contributed by atoms with Gasteiger partial charge >= 0.3 is 5.97 Å². The van der Waals surface area contributed by atoms with Crippen molar-refractivity contribution in [1.29, 1.82) is 0 Å². The van der Waals surface area contributed by atoms with Crippen LogP contribution in [0.25, 0.3) is 0 Å². The van der Waals surface area contributed by atoms with Crippen LogP contribution in [0.4, 0.5) is 0 Å². The van der Waals surface area contributed by atoms with E-state index < -0.39 is 0 Å². The van der Waals surface area contributed by atoms with Crippen molar-refractivity contribution in [3.63, 3.8) is 0 Å². The molecular weight excluding hydrogens is 344 g/mol. The molecule has 0 heterocycles. The van der Waals surface area contributed by atoms with Crippen LogP contribution >= 0.6 is 11.6 Å². The zero-order chi connectivity index (χ0) is 18.4. The van der Waals surface area contributed by atoms with E-state index in [1.807, 2.05) is 19.1 Å². The molecule has 0 saturated carbocycles. The number of methoxy groups -OCH3 is 3. The lowest BCUT2D eigenvalue weighted by Crippen LogP contribution is -2.11. The number of hydrogen-bond acceptors (Lipinski definition) is 5. The van der Waals surface area contributed by atoms with E-state index in [-0.39, 0.29) is 18.5 Å². The summed E-state index contributed by atoms with van der Waals surface area (Å²) in [7, 11) is 4.59. The third-order valence-electron chi connectivity index (χ3n) is 3.72. The van der Waals surface area contributed by atoms with Gasteiger partial charge in [-0.1, -0.05) is 23.7 Å². The zero-order valence-electron chi connectivity index (χ0n) is 14.7. The van der Waals surface area contributed by atoms with E-state index in [9.17, 15) is 4.79 Å². The SMILES string of the molecule is COc1cc(CC(=O)OC(C)c2ccc(Cl)cc2)cc(OC)c1OC. The van der Waals surface area contributed by atoms with Crippen molar-refractivity contribution in [3.05, 3.63) is 52.5 Å². The Labute approximate surface area is 152 Å². The molecule has 0 spiro atoms. The molecule has 0 bridgehead atoms. The molecule has 25 heavy (non-hydrogen) atoms. The Balaban J connectivity index is 2.10. The quantitative estimate of drug-likeness (QED) is 0.689. The molecule has 5 nitrogen and oxygen atoms in total. The van der Waals surface area contributed by atoms with Crippen LogP contribution in [0.15, 0.2) is 36.4 Å². The van der Waals surface area contributed by atoms with Crippen LogP contribution in [0.2, 0.25) is 5.02 Å². The van der Waals surface area contributed by atoms with Crippen LogP contribution in [-0.2, 0) is 16.0 Å². The first-order chi connectivity index (χ1) is 12.0. The number of benzene rings is 2. The first kappa shape index (κ1) is 18.9. The molecule has 0 aliphatic rings. The van der Waals surface area contributed by atoms with Crippen LogP contribution in [-0.4, -0.2) is 27.3 Å². The molecule has 0 amide bonds. The molecule has 0 N–H and O–H groups in total. The minimum atomic E-state index is -0.369. The highest BCUT2D eigenvalue weighted by molar-refractivity contribution is 6.30. The highest BCUT2D eigenvalue weighted by Gasteiger charge is 2.17. The fourth-order valence-corrected chi connectivity index (χ4v) is 2.57. The second-order valence-electron chi connectivity index (χ2n) is 5.39. The summed E-state index contributed by atoms with van der Waals surface area (Å²) in [5.74, 6) is 1.12. The van der Waals surface area contributed by atoms with E-state index in [2.05, 4.69) is 0 Å². The molecule has 134 valence electrons. The van der Waals surface area contributed by atoms with Gasteiger partial charge in [-0.15, -0.1) is 0 Å². The molecule has 0 saturated heterocycles. The van der Waals surface area contributed by atoms with Gasteiger partial charge in [0.1, 0.15) is 6.10 Å². The fraction of sp³-hybridized carbons (Fsp3) is 0.316. The Morgan fingerprint density at radius 1 is 1.00 bits per heavy atom. The highest BCUT2D eigenvalue weighted by atomic mass is 35.5. The van der Waals surface area contributed by atoms with Crippen molar-refractivity contribution in [2.24, 2.45) is 0 Å². The molecule has 0 fully saturated rings. The number of hydrogen-bond donors (Lipinski definition) is 0. The van der Waals surface area contributed by atoms with Crippen LogP contribution in [0.5, 0.6) is 17.2 Å². The van der Waals surface area contributed by atoms with Crippen molar-refractivity contribution in [2.75, 3.05) is 21.3 Å². The maximum Gasteiger partial charge on any atom is 0.310 e. The molecule has 0 aromatic heterocycles. The molecule has 2 rings (SSSR count). The van der Waals surface area contributed by atoms with E-state index in [1.165, 1.54) is 21.3 Å². The second kappa shape index (κ2) is 8.62. The van der Waals surface area contributed by atoms with Crippen molar-refractivity contribution in [2.45, 2.75) is 19.4 Å². The van der Waals surface area contributed by atoms with E-state index in [0.717, 1.165) is 5.56 Å². The lowest BCUT2D eigenvalue weighted by Gasteiger charge is -2.16. The molecule has 0 aliphatic carbocycles. The Morgan fingerprint density at radius 3 is 2.04 bits per heavy atom. The molecule has 0 radical (unpaired) electrons. The van der Waals surface area contributed by atoms with Gasteiger partial charge in [-0.05, 0) is 42.3 Å². The number of esters is 1. The van der Waals surface area contributed by atoms with E-state index in [1.54, 1.807) is 24.3 Å². The summed E-state index contributed by atoms with van der Waals surface area (Å²) < 4.78 is 21.3. The predicted molar refractivity (Wildman–Crippen MR) is 95.8 cm³/mol. The van der Waals surface area contributed by atoms with Gasteiger partial charge in [0.25, 0.3) is 0 Å². The second-order valence-corrected chi connectivity index (χ2v) is 5.83. The van der Waals surface area contributed by atoms with Crippen molar-refractivity contribution >= 4 is 17.6 Å². The maximum atomic E-state index is 12.3. The van der Waals surface area contributed by atoms with Gasteiger partial charge in [0, 0.05) is 5.02 Å². The van der Waals surface area contributed by atoms with Gasteiger partial charge in [-0.25, -0.2) is 0 Å². The van der Waals surface area contributed by atoms with E-state index in [4.69, 9.17) is 30.5 Å². The van der Waals surface area contributed by atoms with Crippen LogP contribution in [0.1, 0.15) is 24.2 Å². The van der Waals surface area contributed by atoms with Gasteiger partial charge in [0.15, 0.2) is 11.5 Å².